The zero-order valence-corrected chi connectivity index (χ0v) is 13.7. The average Bonchev–Trinajstić information content (AvgIpc) is 2.41. The fourth-order valence-electron chi connectivity index (χ4n) is 3.15. The third-order valence-electron chi connectivity index (χ3n) is 4.94. The molecule has 0 amide bonds. The molecule has 2 N–H and O–H groups in total. The maximum Gasteiger partial charge on any atom is 0.324 e. The van der Waals surface area contributed by atoms with Crippen molar-refractivity contribution in [2.45, 2.75) is 57.9 Å². The second-order valence-corrected chi connectivity index (χ2v) is 8.43. The largest absolute Gasteiger partial charge is 0.480 e. The summed E-state index contributed by atoms with van der Waals surface area (Å²) in [6, 6.07) is 0. The van der Waals surface area contributed by atoms with Gasteiger partial charge in [-0.15, -0.1) is 0 Å². The van der Waals surface area contributed by atoms with E-state index >= 15 is 0 Å². The van der Waals surface area contributed by atoms with Crippen LogP contribution in [0.25, 0.3) is 0 Å². The Bertz CT molecular complexity index is 475. The van der Waals surface area contributed by atoms with E-state index in [1.807, 2.05) is 0 Å². The zero-order valence-electron chi connectivity index (χ0n) is 12.8. The van der Waals surface area contributed by atoms with Crippen LogP contribution < -0.4 is 4.72 Å². The number of carboxylic acids is 1. The van der Waals surface area contributed by atoms with E-state index in [4.69, 9.17) is 0 Å². The number of hydrogen-bond acceptors (Lipinski definition) is 3. The number of rotatable bonds is 4. The Kier molecular flexibility index (Phi) is 4.95. The molecule has 7 heteroatoms. The van der Waals surface area contributed by atoms with Gasteiger partial charge in [-0.2, -0.15) is 17.4 Å². The Balaban J connectivity index is 2.11. The van der Waals surface area contributed by atoms with Gasteiger partial charge in [0.25, 0.3) is 10.2 Å². The van der Waals surface area contributed by atoms with Crippen LogP contribution in [0.1, 0.15) is 52.4 Å². The summed E-state index contributed by atoms with van der Waals surface area (Å²) in [5, 5.41) is 9.53. The molecule has 21 heavy (non-hydrogen) atoms. The lowest BCUT2D eigenvalue weighted by Gasteiger charge is -2.38. The fraction of sp³-hybridized carbons (Fsp3) is 0.929. The third-order valence-corrected chi connectivity index (χ3v) is 6.64. The van der Waals surface area contributed by atoms with E-state index in [2.05, 4.69) is 18.6 Å². The summed E-state index contributed by atoms with van der Waals surface area (Å²) in [6.45, 7) is 5.14. The summed E-state index contributed by atoms with van der Waals surface area (Å²) in [6.07, 6.45) is 3.88. The van der Waals surface area contributed by atoms with Crippen LogP contribution in [-0.2, 0) is 15.0 Å². The highest BCUT2D eigenvalue weighted by Gasteiger charge is 2.45. The van der Waals surface area contributed by atoms with Crippen molar-refractivity contribution in [3.8, 4) is 0 Å². The molecule has 0 spiro atoms. The number of nitrogens with zero attached hydrogens (tertiary/aromatic N) is 1. The van der Waals surface area contributed by atoms with Gasteiger partial charge in [-0.25, -0.2) is 0 Å². The van der Waals surface area contributed by atoms with Crippen LogP contribution in [0.5, 0.6) is 0 Å². The van der Waals surface area contributed by atoms with E-state index in [1.165, 1.54) is 4.31 Å². The molecule has 0 aromatic carbocycles. The van der Waals surface area contributed by atoms with Crippen molar-refractivity contribution >= 4 is 16.2 Å². The van der Waals surface area contributed by atoms with Crippen LogP contribution in [0, 0.1) is 11.8 Å². The van der Waals surface area contributed by atoms with Crippen LogP contribution in [0.15, 0.2) is 0 Å². The van der Waals surface area contributed by atoms with Gasteiger partial charge in [-0.05, 0) is 50.4 Å². The smallest absolute Gasteiger partial charge is 0.324 e. The SMILES string of the molecule is CC1CCN(S(=O)(=O)NC2(C(=O)O)CCC(C)CC2)CC1. The van der Waals surface area contributed by atoms with Crippen molar-refractivity contribution in [3.05, 3.63) is 0 Å². The molecule has 0 bridgehead atoms. The van der Waals surface area contributed by atoms with E-state index in [0.717, 1.165) is 25.7 Å². The normalized spacial score (nSPS) is 33.0. The Labute approximate surface area is 127 Å². The second kappa shape index (κ2) is 6.22. The summed E-state index contributed by atoms with van der Waals surface area (Å²) in [5.41, 5.74) is -1.32. The van der Waals surface area contributed by atoms with Crippen molar-refractivity contribution in [2.75, 3.05) is 13.1 Å². The average molecular weight is 318 g/mol. The minimum atomic E-state index is -3.72. The van der Waals surface area contributed by atoms with Gasteiger partial charge in [-0.1, -0.05) is 13.8 Å². The lowest BCUT2D eigenvalue weighted by atomic mass is 9.78. The lowest BCUT2D eigenvalue weighted by molar-refractivity contribution is -0.145. The molecule has 1 heterocycles. The Morgan fingerprint density at radius 1 is 1.10 bits per heavy atom. The molecule has 0 atom stereocenters. The minimum absolute atomic E-state index is 0.368. The van der Waals surface area contributed by atoms with E-state index in [1.54, 1.807) is 0 Å². The number of carboxylic acid groups (broad SMARTS) is 1. The minimum Gasteiger partial charge on any atom is -0.480 e. The molecule has 0 radical (unpaired) electrons. The van der Waals surface area contributed by atoms with Crippen LogP contribution in [0.4, 0.5) is 0 Å². The topological polar surface area (TPSA) is 86.7 Å². The molecule has 0 aromatic heterocycles. The van der Waals surface area contributed by atoms with Gasteiger partial charge < -0.3 is 5.11 Å². The summed E-state index contributed by atoms with van der Waals surface area (Å²) in [7, 11) is -3.72. The number of aliphatic carboxylic acids is 1. The van der Waals surface area contributed by atoms with Gasteiger partial charge in [0.1, 0.15) is 5.54 Å². The molecular weight excluding hydrogens is 292 g/mol. The summed E-state index contributed by atoms with van der Waals surface area (Å²) in [4.78, 5) is 11.7. The number of carbonyl (C=O) groups is 1. The molecule has 1 aliphatic carbocycles. The maximum absolute atomic E-state index is 12.5. The maximum atomic E-state index is 12.5. The Morgan fingerprint density at radius 2 is 1.57 bits per heavy atom. The Hall–Kier alpha value is -0.660. The van der Waals surface area contributed by atoms with Gasteiger partial charge in [0.2, 0.25) is 0 Å². The van der Waals surface area contributed by atoms with Crippen molar-refractivity contribution in [2.24, 2.45) is 11.8 Å². The number of piperidine rings is 1. The van der Waals surface area contributed by atoms with Crippen LogP contribution in [-0.4, -0.2) is 42.4 Å². The Morgan fingerprint density at radius 3 is 2.05 bits per heavy atom. The van der Waals surface area contributed by atoms with Crippen molar-refractivity contribution in [3.63, 3.8) is 0 Å². The van der Waals surface area contributed by atoms with E-state index in [0.29, 0.717) is 37.8 Å². The first-order valence-corrected chi connectivity index (χ1v) is 9.22. The van der Waals surface area contributed by atoms with E-state index in [-0.39, 0.29) is 0 Å². The van der Waals surface area contributed by atoms with E-state index in [9.17, 15) is 18.3 Å². The highest BCUT2D eigenvalue weighted by Crippen LogP contribution is 2.33. The molecule has 2 fully saturated rings. The molecule has 1 aliphatic heterocycles. The summed E-state index contributed by atoms with van der Waals surface area (Å²) < 4.78 is 28.9. The molecule has 2 rings (SSSR count). The predicted octanol–water partition coefficient (Wildman–Crippen LogP) is 1.59. The third kappa shape index (κ3) is 3.76. The molecule has 2 aliphatic rings. The fourth-order valence-corrected chi connectivity index (χ4v) is 4.76. The van der Waals surface area contributed by atoms with Crippen molar-refractivity contribution < 1.29 is 18.3 Å². The van der Waals surface area contributed by atoms with Crippen LogP contribution in [0.2, 0.25) is 0 Å². The monoisotopic (exact) mass is 318 g/mol. The lowest BCUT2D eigenvalue weighted by Crippen LogP contribution is -2.60. The summed E-state index contributed by atoms with van der Waals surface area (Å²) >= 11 is 0. The van der Waals surface area contributed by atoms with Crippen molar-refractivity contribution in [1.29, 1.82) is 0 Å². The molecule has 1 saturated carbocycles. The first-order chi connectivity index (χ1) is 9.75. The first-order valence-electron chi connectivity index (χ1n) is 7.78. The molecule has 1 saturated heterocycles. The van der Waals surface area contributed by atoms with Crippen LogP contribution >= 0.6 is 0 Å². The van der Waals surface area contributed by atoms with Crippen LogP contribution in [0.3, 0.4) is 0 Å². The molecule has 0 unspecified atom stereocenters. The van der Waals surface area contributed by atoms with Gasteiger partial charge in [0.05, 0.1) is 0 Å². The zero-order chi connectivity index (χ0) is 15.7. The molecular formula is C14H26N2O4S. The quantitative estimate of drug-likeness (QED) is 0.824. The number of nitrogens with one attached hydrogen (secondary N) is 1. The predicted molar refractivity (Wildman–Crippen MR) is 80.0 cm³/mol. The van der Waals surface area contributed by atoms with Gasteiger partial charge in [-0.3, -0.25) is 4.79 Å². The highest BCUT2D eigenvalue weighted by molar-refractivity contribution is 7.87. The standard InChI is InChI=1S/C14H26N2O4S/c1-11-3-7-14(8-4-11,13(17)18)15-21(19,20)16-9-5-12(2)6-10-16/h11-12,15H,3-10H2,1-2H3,(H,17,18). The highest BCUT2D eigenvalue weighted by atomic mass is 32.2. The van der Waals surface area contributed by atoms with Crippen molar-refractivity contribution in [1.82, 2.24) is 9.03 Å². The molecule has 6 nitrogen and oxygen atoms in total. The van der Waals surface area contributed by atoms with Gasteiger partial charge in [0.15, 0.2) is 0 Å². The van der Waals surface area contributed by atoms with Gasteiger partial charge in [0, 0.05) is 13.1 Å². The summed E-state index contributed by atoms with van der Waals surface area (Å²) in [5.74, 6) is -0.0680. The molecule has 122 valence electrons. The number of hydrogen-bond donors (Lipinski definition) is 2. The van der Waals surface area contributed by atoms with Gasteiger partial charge >= 0.3 is 5.97 Å². The second-order valence-electron chi connectivity index (χ2n) is 6.76. The first kappa shape index (κ1) is 16.7. The molecule has 0 aromatic rings. The van der Waals surface area contributed by atoms with E-state index < -0.39 is 21.7 Å².